The van der Waals surface area contributed by atoms with E-state index in [9.17, 15) is 4.79 Å². The van der Waals surface area contributed by atoms with Crippen molar-refractivity contribution in [3.8, 4) is 0 Å². The minimum absolute atomic E-state index is 0.253. The lowest BCUT2D eigenvalue weighted by molar-refractivity contribution is -0.272. The summed E-state index contributed by atoms with van der Waals surface area (Å²) in [5.74, 6) is 0. The van der Waals surface area contributed by atoms with E-state index in [0.29, 0.717) is 0 Å². The van der Waals surface area contributed by atoms with Crippen LogP contribution in [-0.2, 0) is 9.53 Å². The highest BCUT2D eigenvalue weighted by molar-refractivity contribution is 5.57. The molecule has 0 aromatic heterocycles. The minimum atomic E-state index is -1.64. The van der Waals surface area contributed by atoms with E-state index in [1.165, 1.54) is 0 Å². The first-order valence-electron chi connectivity index (χ1n) is 3.41. The maximum Gasteiger partial charge on any atom is 0.184 e. The molecule has 4 N–H and O–H groups in total. The summed E-state index contributed by atoms with van der Waals surface area (Å²) in [5, 5.41) is 35.9. The van der Waals surface area contributed by atoms with E-state index in [2.05, 4.69) is 4.74 Å². The Kier molecular flexibility index (Phi) is 2.76. The van der Waals surface area contributed by atoms with Gasteiger partial charge in [-0.1, -0.05) is 0 Å². The Labute approximate surface area is 68.0 Å². The summed E-state index contributed by atoms with van der Waals surface area (Å²) < 4.78 is 4.46. The first-order valence-corrected chi connectivity index (χ1v) is 3.41. The van der Waals surface area contributed by atoms with Gasteiger partial charge in [0, 0.05) is 0 Å². The fourth-order valence-corrected chi connectivity index (χ4v) is 1.000. The van der Waals surface area contributed by atoms with E-state index >= 15 is 0 Å². The van der Waals surface area contributed by atoms with Crippen LogP contribution in [0.2, 0.25) is 0 Å². The Hall–Kier alpha value is -0.530. The average Bonchev–Trinajstić information content (AvgIpc) is 2.08. The zero-order valence-corrected chi connectivity index (χ0v) is 6.07. The normalized spacial score (nSPS) is 48.8. The van der Waals surface area contributed by atoms with Crippen LogP contribution >= 0.6 is 0 Å². The Bertz CT molecular complexity index is 171. The summed E-state index contributed by atoms with van der Waals surface area (Å²) in [7, 11) is 0. The molecule has 70 valence electrons. The predicted octanol–water partition coefficient (Wildman–Crippen LogP) is -3.01. The predicted molar refractivity (Wildman–Crippen MR) is 35.0 cm³/mol. The number of hydrogen-bond donors (Lipinski definition) is 4. The third-order valence-electron chi connectivity index (χ3n) is 1.76. The summed E-state index contributed by atoms with van der Waals surface area (Å²) in [6, 6.07) is 0. The largest absolute Gasteiger partial charge is 0.387 e. The number of rotatable bonds is 1. The number of ether oxygens (including phenoxy) is 1. The van der Waals surface area contributed by atoms with E-state index in [4.69, 9.17) is 20.4 Å². The fourth-order valence-electron chi connectivity index (χ4n) is 1.000. The van der Waals surface area contributed by atoms with Gasteiger partial charge in [-0.2, -0.15) is 0 Å². The van der Waals surface area contributed by atoms with Crippen molar-refractivity contribution in [3.05, 3.63) is 0 Å². The highest BCUT2D eigenvalue weighted by Gasteiger charge is 2.42. The summed E-state index contributed by atoms with van der Waals surface area (Å²) >= 11 is 0. The lowest BCUT2D eigenvalue weighted by atomic mass is 10.00. The quantitative estimate of drug-likeness (QED) is 0.318. The molecule has 0 bridgehead atoms. The first kappa shape index (κ1) is 9.56. The van der Waals surface area contributed by atoms with Crippen LogP contribution in [0, 0.1) is 0 Å². The molecule has 5 atom stereocenters. The van der Waals surface area contributed by atoms with Gasteiger partial charge in [0.05, 0.1) is 0 Å². The molecular formula is C6H10O6. The van der Waals surface area contributed by atoms with Gasteiger partial charge in [0.25, 0.3) is 0 Å². The van der Waals surface area contributed by atoms with Crippen molar-refractivity contribution in [2.45, 2.75) is 30.7 Å². The number of aldehydes is 1. The second kappa shape index (κ2) is 3.46. The van der Waals surface area contributed by atoms with Gasteiger partial charge in [-0.25, -0.2) is 0 Å². The Morgan fingerprint density at radius 2 is 1.58 bits per heavy atom. The highest BCUT2D eigenvalue weighted by Crippen LogP contribution is 2.18. The lowest BCUT2D eigenvalue weighted by Gasteiger charge is -2.35. The third-order valence-corrected chi connectivity index (χ3v) is 1.76. The van der Waals surface area contributed by atoms with Crippen LogP contribution in [0.4, 0.5) is 0 Å². The van der Waals surface area contributed by atoms with Gasteiger partial charge in [0.15, 0.2) is 12.6 Å². The van der Waals surface area contributed by atoms with Crippen molar-refractivity contribution in [1.29, 1.82) is 0 Å². The SMILES string of the molecule is O=C[C@H]1OC(O)[C@H](O)[C@@H](O)[C@H]1O. The summed E-state index contributed by atoms with van der Waals surface area (Å²) in [6.07, 6.45) is -7.33. The van der Waals surface area contributed by atoms with E-state index in [-0.39, 0.29) is 6.29 Å². The third kappa shape index (κ3) is 1.47. The van der Waals surface area contributed by atoms with Crippen molar-refractivity contribution in [3.63, 3.8) is 0 Å². The molecule has 1 heterocycles. The average molecular weight is 178 g/mol. The molecule has 0 aromatic rings. The molecule has 0 aromatic carbocycles. The number of carbonyl (C=O) groups excluding carboxylic acids is 1. The molecule has 1 saturated heterocycles. The summed E-state index contributed by atoms with van der Waals surface area (Å²) in [5.41, 5.74) is 0. The molecule has 0 aliphatic carbocycles. The maximum absolute atomic E-state index is 10.2. The van der Waals surface area contributed by atoms with Crippen molar-refractivity contribution >= 4 is 6.29 Å². The van der Waals surface area contributed by atoms with Gasteiger partial charge >= 0.3 is 0 Å². The van der Waals surface area contributed by atoms with E-state index in [0.717, 1.165) is 0 Å². The molecule has 12 heavy (non-hydrogen) atoms. The van der Waals surface area contributed by atoms with Crippen molar-refractivity contribution in [2.75, 3.05) is 0 Å². The molecule has 6 nitrogen and oxygen atoms in total. The number of aliphatic hydroxyl groups is 4. The summed E-state index contributed by atoms with van der Waals surface area (Å²) in [6.45, 7) is 0. The van der Waals surface area contributed by atoms with Gasteiger partial charge in [-0.3, -0.25) is 0 Å². The van der Waals surface area contributed by atoms with Crippen molar-refractivity contribution < 1.29 is 30.0 Å². The monoisotopic (exact) mass is 178 g/mol. The standard InChI is InChI=1S/C6H10O6/c7-1-2-3(8)4(9)5(10)6(11)12-2/h1-6,8-11H/t2-,3+,4+,5-,6?/m1/s1. The Morgan fingerprint density at radius 1 is 1.00 bits per heavy atom. The van der Waals surface area contributed by atoms with Crippen molar-refractivity contribution in [2.24, 2.45) is 0 Å². The summed E-state index contributed by atoms with van der Waals surface area (Å²) in [4.78, 5) is 10.2. The molecule has 0 saturated carbocycles. The smallest absolute Gasteiger partial charge is 0.184 e. The van der Waals surface area contributed by atoms with Crippen LogP contribution in [0.25, 0.3) is 0 Å². The van der Waals surface area contributed by atoms with Crippen LogP contribution < -0.4 is 0 Å². The zero-order valence-electron chi connectivity index (χ0n) is 6.07. The number of aliphatic hydroxyl groups excluding tert-OH is 4. The molecule has 1 aliphatic heterocycles. The van der Waals surface area contributed by atoms with Crippen LogP contribution in [0.1, 0.15) is 0 Å². The molecule has 0 radical (unpaired) electrons. The molecule has 6 heteroatoms. The van der Waals surface area contributed by atoms with E-state index in [1.807, 2.05) is 0 Å². The topological polar surface area (TPSA) is 107 Å². The molecule has 1 fully saturated rings. The molecule has 1 rings (SSSR count). The van der Waals surface area contributed by atoms with Gasteiger partial charge in [-0.05, 0) is 0 Å². The lowest BCUT2D eigenvalue weighted by Crippen LogP contribution is -2.57. The zero-order chi connectivity index (χ0) is 9.30. The fraction of sp³-hybridized carbons (Fsp3) is 0.833. The number of carbonyl (C=O) groups is 1. The maximum atomic E-state index is 10.2. The van der Waals surface area contributed by atoms with Crippen LogP contribution in [-0.4, -0.2) is 57.4 Å². The van der Waals surface area contributed by atoms with Gasteiger partial charge in [-0.15, -0.1) is 0 Å². The first-order chi connectivity index (χ1) is 5.57. The highest BCUT2D eigenvalue weighted by atomic mass is 16.6. The second-order valence-corrected chi connectivity index (χ2v) is 2.60. The number of hydrogen-bond acceptors (Lipinski definition) is 6. The van der Waals surface area contributed by atoms with Crippen molar-refractivity contribution in [1.82, 2.24) is 0 Å². The molecule has 1 aliphatic rings. The molecule has 0 amide bonds. The Morgan fingerprint density at radius 3 is 2.08 bits per heavy atom. The Balaban J connectivity index is 2.70. The molecular weight excluding hydrogens is 168 g/mol. The van der Waals surface area contributed by atoms with Crippen LogP contribution in [0.15, 0.2) is 0 Å². The van der Waals surface area contributed by atoms with E-state index < -0.39 is 30.7 Å². The van der Waals surface area contributed by atoms with Gasteiger partial charge in [0.2, 0.25) is 0 Å². The van der Waals surface area contributed by atoms with Gasteiger partial charge in [0.1, 0.15) is 24.4 Å². The van der Waals surface area contributed by atoms with Gasteiger partial charge < -0.3 is 30.0 Å². The minimum Gasteiger partial charge on any atom is -0.387 e. The van der Waals surface area contributed by atoms with Crippen LogP contribution in [0.3, 0.4) is 0 Å². The second-order valence-electron chi connectivity index (χ2n) is 2.60. The van der Waals surface area contributed by atoms with Crippen LogP contribution in [0.5, 0.6) is 0 Å². The van der Waals surface area contributed by atoms with E-state index in [1.54, 1.807) is 0 Å². The molecule has 1 unspecified atom stereocenters. The molecule has 0 spiro atoms.